The minimum Gasteiger partial charge on any atom is -0.486 e. The summed E-state index contributed by atoms with van der Waals surface area (Å²) in [6, 6.07) is 5.56. The molecule has 2 nitrogen and oxygen atoms in total. The van der Waals surface area contributed by atoms with Crippen LogP contribution in [0, 0.1) is 0 Å². The van der Waals surface area contributed by atoms with E-state index >= 15 is 0 Å². The Labute approximate surface area is 104 Å². The summed E-state index contributed by atoms with van der Waals surface area (Å²) >= 11 is 12.3. The van der Waals surface area contributed by atoms with E-state index in [0.29, 0.717) is 15.9 Å². The predicted octanol–water partition coefficient (Wildman–Crippen LogP) is 3.64. The number of benzene rings is 1. The van der Waals surface area contributed by atoms with Gasteiger partial charge >= 0.3 is 0 Å². The van der Waals surface area contributed by atoms with Gasteiger partial charge in [-0.25, -0.2) is 0 Å². The van der Waals surface area contributed by atoms with E-state index in [2.05, 4.69) is 4.99 Å². The Morgan fingerprint density at radius 1 is 1.38 bits per heavy atom. The van der Waals surface area contributed by atoms with E-state index in [9.17, 15) is 0 Å². The van der Waals surface area contributed by atoms with Crippen molar-refractivity contribution in [1.29, 1.82) is 0 Å². The van der Waals surface area contributed by atoms with Crippen molar-refractivity contribution in [1.82, 2.24) is 0 Å². The van der Waals surface area contributed by atoms with Crippen LogP contribution in [0.1, 0.15) is 25.3 Å². The number of para-hydroxylation sites is 1. The van der Waals surface area contributed by atoms with E-state index in [1.54, 1.807) is 0 Å². The van der Waals surface area contributed by atoms with Crippen molar-refractivity contribution >= 4 is 28.4 Å². The third kappa shape index (κ3) is 1.44. The van der Waals surface area contributed by atoms with E-state index in [1.807, 2.05) is 25.1 Å². The molecule has 0 saturated heterocycles. The Morgan fingerprint density at radius 3 is 2.81 bits per heavy atom. The highest BCUT2D eigenvalue weighted by Gasteiger charge is 2.51. The van der Waals surface area contributed by atoms with E-state index in [4.69, 9.17) is 27.9 Å². The summed E-state index contributed by atoms with van der Waals surface area (Å²) in [6.45, 7) is 2.03. The molecule has 1 saturated carbocycles. The Balaban J connectivity index is 2.16. The lowest BCUT2D eigenvalue weighted by atomic mass is 10.1. The maximum absolute atomic E-state index is 6.22. The van der Waals surface area contributed by atoms with Crippen LogP contribution >= 0.6 is 23.2 Å². The molecule has 1 aliphatic heterocycles. The van der Waals surface area contributed by atoms with Gasteiger partial charge in [0.05, 0.1) is 16.1 Å². The number of halogens is 2. The number of hydrogen-bond donors (Lipinski definition) is 0. The molecule has 0 amide bonds. The van der Waals surface area contributed by atoms with Gasteiger partial charge in [0.15, 0.2) is 0 Å². The molecule has 1 fully saturated rings. The third-order valence-corrected chi connectivity index (χ3v) is 3.91. The maximum atomic E-state index is 6.22. The van der Waals surface area contributed by atoms with E-state index in [0.717, 1.165) is 18.4 Å². The number of nitrogens with zero attached hydrogens (tertiary/aromatic N) is 1. The van der Waals surface area contributed by atoms with Gasteiger partial charge in [-0.3, -0.25) is 4.99 Å². The first-order valence-electron chi connectivity index (χ1n) is 5.33. The first-order chi connectivity index (χ1) is 7.62. The van der Waals surface area contributed by atoms with E-state index in [1.165, 1.54) is 0 Å². The Hall–Kier alpha value is -0.730. The van der Waals surface area contributed by atoms with Crippen molar-refractivity contribution in [2.24, 2.45) is 4.99 Å². The summed E-state index contributed by atoms with van der Waals surface area (Å²) in [5.41, 5.74) is 0.684. The van der Waals surface area contributed by atoms with Crippen molar-refractivity contribution < 1.29 is 4.74 Å². The first kappa shape index (κ1) is 10.4. The fourth-order valence-corrected chi connectivity index (χ4v) is 2.61. The summed E-state index contributed by atoms with van der Waals surface area (Å²) in [5, 5.41) is 1.11. The van der Waals surface area contributed by atoms with Crippen LogP contribution in [0.25, 0.3) is 0 Å². The molecule has 3 rings (SSSR count). The highest BCUT2D eigenvalue weighted by molar-refractivity contribution is 6.70. The molecule has 0 aromatic heterocycles. The minimum atomic E-state index is -0.112. The Bertz CT molecular complexity index is 480. The fraction of sp³-hybridized carbons (Fsp3) is 0.417. The quantitative estimate of drug-likeness (QED) is 0.694. The average Bonchev–Trinajstić information content (AvgIpc) is 3.01. The summed E-state index contributed by atoms with van der Waals surface area (Å²) < 4.78 is 5.90. The van der Waals surface area contributed by atoms with Gasteiger partial charge in [-0.15, -0.1) is 0 Å². The first-order valence-corrected chi connectivity index (χ1v) is 6.09. The molecule has 0 radical (unpaired) electrons. The molecule has 1 spiro atoms. The maximum Gasteiger partial charge on any atom is 0.148 e. The average molecular weight is 256 g/mol. The molecule has 0 bridgehead atoms. The van der Waals surface area contributed by atoms with Crippen molar-refractivity contribution in [3.05, 3.63) is 28.8 Å². The second-order valence-corrected chi connectivity index (χ2v) is 5.15. The zero-order valence-electron chi connectivity index (χ0n) is 8.84. The van der Waals surface area contributed by atoms with Crippen molar-refractivity contribution in [2.45, 2.75) is 31.4 Å². The van der Waals surface area contributed by atoms with Crippen LogP contribution in [0.2, 0.25) is 5.02 Å². The molecule has 2 aliphatic rings. The molecule has 1 aliphatic carbocycles. The lowest BCUT2D eigenvalue weighted by Crippen LogP contribution is -2.28. The molecule has 0 N–H and O–H groups in total. The second kappa shape index (κ2) is 3.38. The van der Waals surface area contributed by atoms with Gasteiger partial charge in [0.1, 0.15) is 17.0 Å². The number of ether oxygens (including phenoxy) is 1. The van der Waals surface area contributed by atoms with Gasteiger partial charge < -0.3 is 4.74 Å². The lowest BCUT2D eigenvalue weighted by Gasteiger charge is -2.19. The number of fused-ring (bicyclic) bond motifs is 1. The fourth-order valence-electron chi connectivity index (χ4n) is 2.07. The summed E-state index contributed by atoms with van der Waals surface area (Å²) in [4.78, 5) is 4.58. The molecule has 1 aromatic rings. The van der Waals surface area contributed by atoms with Gasteiger partial charge in [-0.1, -0.05) is 29.3 Å². The predicted molar refractivity (Wildman–Crippen MR) is 65.9 cm³/mol. The molecule has 84 valence electrons. The minimum absolute atomic E-state index is 0.0300. The number of hydrogen-bond acceptors (Lipinski definition) is 2. The monoisotopic (exact) mass is 255 g/mol. The third-order valence-electron chi connectivity index (χ3n) is 3.32. The van der Waals surface area contributed by atoms with Gasteiger partial charge in [0.25, 0.3) is 0 Å². The molecule has 1 aromatic carbocycles. The van der Waals surface area contributed by atoms with E-state index < -0.39 is 0 Å². The molecular formula is C12H11Cl2NO. The zero-order chi connectivity index (χ0) is 11.3. The van der Waals surface area contributed by atoms with Gasteiger partial charge in [-0.05, 0) is 31.9 Å². The summed E-state index contributed by atoms with van der Waals surface area (Å²) in [7, 11) is 0. The van der Waals surface area contributed by atoms with Crippen LogP contribution in [-0.4, -0.2) is 16.8 Å². The van der Waals surface area contributed by atoms with Gasteiger partial charge in [-0.2, -0.15) is 0 Å². The molecule has 1 atom stereocenters. The highest BCUT2D eigenvalue weighted by atomic mass is 35.5. The number of rotatable bonds is 0. The largest absolute Gasteiger partial charge is 0.486 e. The smallest absolute Gasteiger partial charge is 0.148 e. The lowest BCUT2D eigenvalue weighted by molar-refractivity contribution is 0.183. The number of aliphatic imine (C=N–C) groups is 1. The standard InChI is InChI=1S/C12H11Cl2NO/c1-7-12(5-6-12)15-11(14)8-3-2-4-9(13)10(8)16-7/h2-4,7H,5-6H2,1H3. The van der Waals surface area contributed by atoms with Crippen LogP contribution in [-0.2, 0) is 0 Å². The normalized spacial score (nSPS) is 25.4. The van der Waals surface area contributed by atoms with Crippen LogP contribution in [0.3, 0.4) is 0 Å². The highest BCUT2D eigenvalue weighted by Crippen LogP contribution is 2.48. The Morgan fingerprint density at radius 2 is 2.12 bits per heavy atom. The zero-order valence-corrected chi connectivity index (χ0v) is 10.3. The molecule has 4 heteroatoms. The Kier molecular flexibility index (Phi) is 2.20. The topological polar surface area (TPSA) is 21.6 Å². The van der Waals surface area contributed by atoms with Crippen LogP contribution < -0.4 is 4.74 Å². The second-order valence-electron chi connectivity index (χ2n) is 4.38. The van der Waals surface area contributed by atoms with Crippen LogP contribution in [0.5, 0.6) is 5.75 Å². The van der Waals surface area contributed by atoms with E-state index in [-0.39, 0.29) is 11.6 Å². The molecule has 1 heterocycles. The van der Waals surface area contributed by atoms with Gasteiger partial charge in [0.2, 0.25) is 0 Å². The van der Waals surface area contributed by atoms with Crippen molar-refractivity contribution in [3.63, 3.8) is 0 Å². The van der Waals surface area contributed by atoms with Crippen molar-refractivity contribution in [2.75, 3.05) is 0 Å². The van der Waals surface area contributed by atoms with Crippen molar-refractivity contribution in [3.8, 4) is 5.75 Å². The van der Waals surface area contributed by atoms with Gasteiger partial charge in [0, 0.05) is 0 Å². The summed E-state index contributed by atoms with van der Waals surface area (Å²) in [5.74, 6) is 0.661. The molecular weight excluding hydrogens is 245 g/mol. The summed E-state index contributed by atoms with van der Waals surface area (Å²) in [6.07, 6.45) is 2.11. The van der Waals surface area contributed by atoms with Crippen LogP contribution in [0.15, 0.2) is 23.2 Å². The SMILES string of the molecule is CC1Oc2c(Cl)cccc2C(Cl)=NC12CC2. The molecule has 16 heavy (non-hydrogen) atoms. The molecule has 1 unspecified atom stereocenters. The van der Waals surface area contributed by atoms with Crippen LogP contribution in [0.4, 0.5) is 0 Å².